The Labute approximate surface area is 207 Å². The van der Waals surface area contributed by atoms with E-state index in [4.69, 9.17) is 4.99 Å². The molecule has 0 fully saturated rings. The van der Waals surface area contributed by atoms with Crippen LogP contribution in [-0.2, 0) is 12.0 Å². The van der Waals surface area contributed by atoms with Crippen LogP contribution in [0, 0.1) is 0 Å². The number of hydrogen-bond acceptors (Lipinski definition) is 1. The van der Waals surface area contributed by atoms with E-state index in [1.54, 1.807) is 0 Å². The minimum Gasteiger partial charge on any atom is -0.285 e. The molecule has 0 radical (unpaired) electrons. The van der Waals surface area contributed by atoms with Crippen LogP contribution in [0.1, 0.15) is 40.3 Å². The Morgan fingerprint density at radius 3 is 1.77 bits per heavy atom. The summed E-state index contributed by atoms with van der Waals surface area (Å²) >= 11 is 0. The Morgan fingerprint density at radius 1 is 0.571 bits per heavy atom. The Kier molecular flexibility index (Phi) is 5.39. The van der Waals surface area contributed by atoms with E-state index < -0.39 is 0 Å². The van der Waals surface area contributed by atoms with Gasteiger partial charge in [0.15, 0.2) is 0 Å². The van der Waals surface area contributed by atoms with Crippen molar-refractivity contribution in [3.05, 3.63) is 167 Å². The standard InChI is InChI=1S/C34H27N/c1-25(27-14-4-2-5-15-27)35-24-26-13-12-18-29(23-26)34(28-16-6-3-7-17-28)32-21-10-8-19-30(32)31-20-9-11-22-33(31)34/h2-23H,24H2,1H3. The molecule has 0 unspecified atom stereocenters. The third-order valence-corrected chi connectivity index (χ3v) is 7.21. The molecule has 1 heteroatoms. The Balaban J connectivity index is 1.53. The molecule has 1 nitrogen and oxygen atoms in total. The van der Waals surface area contributed by atoms with Gasteiger partial charge in [-0.05, 0) is 51.4 Å². The van der Waals surface area contributed by atoms with E-state index in [-0.39, 0.29) is 5.41 Å². The van der Waals surface area contributed by atoms with E-state index in [0.717, 1.165) is 5.71 Å². The maximum Gasteiger partial charge on any atom is 0.0713 e. The minimum absolute atomic E-state index is 0.358. The van der Waals surface area contributed by atoms with Gasteiger partial charge < -0.3 is 0 Å². The van der Waals surface area contributed by atoms with Crippen molar-refractivity contribution >= 4 is 5.71 Å². The van der Waals surface area contributed by atoms with E-state index in [1.165, 1.54) is 44.5 Å². The summed E-state index contributed by atoms with van der Waals surface area (Å²) in [4.78, 5) is 4.93. The molecule has 0 spiro atoms. The van der Waals surface area contributed by atoms with E-state index in [1.807, 2.05) is 6.07 Å². The van der Waals surface area contributed by atoms with Gasteiger partial charge >= 0.3 is 0 Å². The van der Waals surface area contributed by atoms with Crippen LogP contribution in [0.4, 0.5) is 0 Å². The van der Waals surface area contributed by atoms with Crippen LogP contribution in [0.25, 0.3) is 11.1 Å². The van der Waals surface area contributed by atoms with E-state index in [9.17, 15) is 0 Å². The molecular weight excluding hydrogens is 422 g/mol. The monoisotopic (exact) mass is 449 g/mol. The average molecular weight is 450 g/mol. The molecule has 0 aliphatic heterocycles. The lowest BCUT2D eigenvalue weighted by atomic mass is 9.67. The highest BCUT2D eigenvalue weighted by molar-refractivity contribution is 5.98. The number of benzene rings is 5. The lowest BCUT2D eigenvalue weighted by Gasteiger charge is -2.34. The van der Waals surface area contributed by atoms with Gasteiger partial charge in [-0.1, -0.05) is 133 Å². The SMILES string of the molecule is CC(=NCc1cccc(C2(c3ccccc3)c3ccccc3-c3ccccc32)c1)c1ccccc1. The zero-order chi connectivity index (χ0) is 23.7. The first kappa shape index (κ1) is 21.3. The maximum absolute atomic E-state index is 4.93. The summed E-state index contributed by atoms with van der Waals surface area (Å²) in [6.07, 6.45) is 0. The van der Waals surface area contributed by atoms with E-state index in [0.29, 0.717) is 6.54 Å². The van der Waals surface area contributed by atoms with Crippen LogP contribution in [0.15, 0.2) is 138 Å². The largest absolute Gasteiger partial charge is 0.285 e. The van der Waals surface area contributed by atoms with Crippen LogP contribution >= 0.6 is 0 Å². The molecule has 1 aliphatic rings. The summed E-state index contributed by atoms with van der Waals surface area (Å²) in [5.41, 5.74) is 11.0. The molecule has 0 heterocycles. The summed E-state index contributed by atoms with van der Waals surface area (Å²) < 4.78 is 0. The molecule has 5 aromatic rings. The van der Waals surface area contributed by atoms with Crippen molar-refractivity contribution in [2.24, 2.45) is 4.99 Å². The zero-order valence-corrected chi connectivity index (χ0v) is 19.9. The first-order chi connectivity index (χ1) is 17.3. The van der Waals surface area contributed by atoms with Gasteiger partial charge in [-0.25, -0.2) is 0 Å². The van der Waals surface area contributed by atoms with Crippen LogP contribution in [0.2, 0.25) is 0 Å². The molecule has 6 rings (SSSR count). The first-order valence-corrected chi connectivity index (χ1v) is 12.2. The molecule has 0 amide bonds. The fourth-order valence-electron chi connectivity index (χ4n) is 5.60. The summed E-state index contributed by atoms with van der Waals surface area (Å²) in [5, 5.41) is 0. The smallest absolute Gasteiger partial charge is 0.0713 e. The summed E-state index contributed by atoms with van der Waals surface area (Å²) in [7, 11) is 0. The van der Waals surface area contributed by atoms with Gasteiger partial charge in [0.2, 0.25) is 0 Å². The van der Waals surface area contributed by atoms with Crippen molar-refractivity contribution in [3.63, 3.8) is 0 Å². The Morgan fingerprint density at radius 2 is 1.11 bits per heavy atom. The Bertz CT molecular complexity index is 1470. The van der Waals surface area contributed by atoms with Gasteiger partial charge in [0, 0.05) is 5.71 Å². The maximum atomic E-state index is 4.93. The summed E-state index contributed by atoms with van der Waals surface area (Å²) in [6.45, 7) is 2.75. The quantitative estimate of drug-likeness (QED) is 0.236. The van der Waals surface area contributed by atoms with E-state index in [2.05, 4.69) is 134 Å². The highest BCUT2D eigenvalue weighted by Crippen LogP contribution is 2.55. The van der Waals surface area contributed by atoms with Crippen molar-refractivity contribution < 1.29 is 0 Å². The van der Waals surface area contributed by atoms with E-state index >= 15 is 0 Å². The molecule has 0 saturated heterocycles. The first-order valence-electron chi connectivity index (χ1n) is 12.2. The van der Waals surface area contributed by atoms with Crippen LogP contribution in [-0.4, -0.2) is 5.71 Å². The molecule has 0 bridgehead atoms. The topological polar surface area (TPSA) is 12.4 Å². The molecule has 0 saturated carbocycles. The fourth-order valence-corrected chi connectivity index (χ4v) is 5.60. The number of fused-ring (bicyclic) bond motifs is 3. The summed E-state index contributed by atoms with van der Waals surface area (Å²) in [6, 6.07) is 48.1. The number of nitrogens with zero attached hydrogens (tertiary/aromatic N) is 1. The van der Waals surface area contributed by atoms with Gasteiger partial charge in [-0.3, -0.25) is 4.99 Å². The zero-order valence-electron chi connectivity index (χ0n) is 19.9. The second-order valence-corrected chi connectivity index (χ2v) is 9.18. The molecule has 0 N–H and O–H groups in total. The van der Waals surface area contributed by atoms with Gasteiger partial charge in [-0.15, -0.1) is 0 Å². The molecular formula is C34H27N. The highest BCUT2D eigenvalue weighted by atomic mass is 14.7. The predicted molar refractivity (Wildman–Crippen MR) is 146 cm³/mol. The lowest BCUT2D eigenvalue weighted by molar-refractivity contribution is 0.766. The number of rotatable bonds is 5. The van der Waals surface area contributed by atoms with Crippen LogP contribution < -0.4 is 0 Å². The minimum atomic E-state index is -0.358. The third kappa shape index (κ3) is 3.52. The van der Waals surface area contributed by atoms with Gasteiger partial charge in [0.25, 0.3) is 0 Å². The second-order valence-electron chi connectivity index (χ2n) is 9.18. The third-order valence-electron chi connectivity index (χ3n) is 7.21. The molecule has 168 valence electrons. The highest BCUT2D eigenvalue weighted by Gasteiger charge is 2.45. The van der Waals surface area contributed by atoms with Gasteiger partial charge in [0.1, 0.15) is 0 Å². The normalized spacial score (nSPS) is 13.8. The van der Waals surface area contributed by atoms with Crippen molar-refractivity contribution in [3.8, 4) is 11.1 Å². The fraction of sp³-hybridized carbons (Fsp3) is 0.0882. The van der Waals surface area contributed by atoms with Gasteiger partial charge in [0.05, 0.1) is 12.0 Å². The summed E-state index contributed by atoms with van der Waals surface area (Å²) in [5.74, 6) is 0. The molecule has 1 aliphatic carbocycles. The molecule has 5 aromatic carbocycles. The Hall–Kier alpha value is -4.23. The van der Waals surface area contributed by atoms with Crippen molar-refractivity contribution in [1.29, 1.82) is 0 Å². The van der Waals surface area contributed by atoms with Crippen LogP contribution in [0.3, 0.4) is 0 Å². The molecule has 35 heavy (non-hydrogen) atoms. The van der Waals surface area contributed by atoms with Crippen molar-refractivity contribution in [2.45, 2.75) is 18.9 Å². The van der Waals surface area contributed by atoms with Crippen molar-refractivity contribution in [2.75, 3.05) is 0 Å². The molecule has 0 atom stereocenters. The van der Waals surface area contributed by atoms with Crippen molar-refractivity contribution in [1.82, 2.24) is 0 Å². The predicted octanol–water partition coefficient (Wildman–Crippen LogP) is 8.06. The second kappa shape index (κ2) is 8.85. The van der Waals surface area contributed by atoms with Gasteiger partial charge in [-0.2, -0.15) is 0 Å². The lowest BCUT2D eigenvalue weighted by Crippen LogP contribution is -2.28. The molecule has 0 aromatic heterocycles. The average Bonchev–Trinajstić information content (AvgIpc) is 3.24. The number of hydrogen-bond donors (Lipinski definition) is 0. The number of aliphatic imine (C=N–C) groups is 1. The van der Waals surface area contributed by atoms with Crippen LogP contribution in [0.5, 0.6) is 0 Å².